The maximum absolute atomic E-state index is 12.6. The predicted octanol–water partition coefficient (Wildman–Crippen LogP) is 1.87. The molecule has 5 heteroatoms. The first-order valence-electron chi connectivity index (χ1n) is 6.50. The molecular weight excluding hydrogens is 242 g/mol. The van der Waals surface area contributed by atoms with E-state index in [2.05, 4.69) is 24.1 Å². The van der Waals surface area contributed by atoms with Crippen LogP contribution in [0.4, 0.5) is 5.69 Å². The number of carbonyl (C=O) groups is 1. The van der Waals surface area contributed by atoms with Crippen molar-refractivity contribution >= 4 is 11.6 Å². The third-order valence-electron chi connectivity index (χ3n) is 2.76. The van der Waals surface area contributed by atoms with Crippen LogP contribution in [0.3, 0.4) is 0 Å². The Morgan fingerprint density at radius 1 is 1.53 bits per heavy atom. The molecule has 1 amide bonds. The van der Waals surface area contributed by atoms with Crippen molar-refractivity contribution in [3.8, 4) is 0 Å². The number of amides is 1. The lowest BCUT2D eigenvalue weighted by Crippen LogP contribution is -2.37. The van der Waals surface area contributed by atoms with Crippen molar-refractivity contribution in [2.45, 2.75) is 13.8 Å². The van der Waals surface area contributed by atoms with Gasteiger partial charge in [-0.3, -0.25) is 9.78 Å². The van der Waals surface area contributed by atoms with E-state index in [-0.39, 0.29) is 5.91 Å². The average Bonchev–Trinajstić information content (AvgIpc) is 2.42. The number of pyridine rings is 1. The SMILES string of the molecule is CNc1ccncc1C(=O)N(CCOC)CC(C)C. The maximum Gasteiger partial charge on any atom is 0.257 e. The quantitative estimate of drug-likeness (QED) is 0.817. The monoisotopic (exact) mass is 265 g/mol. The number of methoxy groups -OCH3 is 1. The Balaban J connectivity index is 2.90. The van der Waals surface area contributed by atoms with Crippen molar-refractivity contribution in [3.05, 3.63) is 24.0 Å². The second-order valence-electron chi connectivity index (χ2n) is 4.81. The summed E-state index contributed by atoms with van der Waals surface area (Å²) in [5.74, 6) is 0.402. The van der Waals surface area contributed by atoms with Crippen LogP contribution < -0.4 is 5.32 Å². The zero-order valence-electron chi connectivity index (χ0n) is 12.1. The van der Waals surface area contributed by atoms with Crippen molar-refractivity contribution in [1.29, 1.82) is 0 Å². The molecule has 0 bridgehead atoms. The van der Waals surface area contributed by atoms with Gasteiger partial charge in [0.25, 0.3) is 5.91 Å². The molecule has 0 saturated heterocycles. The molecule has 0 aliphatic carbocycles. The van der Waals surface area contributed by atoms with Gasteiger partial charge in [0.2, 0.25) is 0 Å². The molecule has 0 aliphatic heterocycles. The van der Waals surface area contributed by atoms with Crippen LogP contribution in [-0.2, 0) is 4.74 Å². The Kier molecular flexibility index (Phi) is 6.29. The van der Waals surface area contributed by atoms with Gasteiger partial charge in [-0.1, -0.05) is 13.8 Å². The van der Waals surface area contributed by atoms with Crippen LogP contribution in [0.1, 0.15) is 24.2 Å². The fourth-order valence-electron chi connectivity index (χ4n) is 1.87. The lowest BCUT2D eigenvalue weighted by molar-refractivity contribution is 0.0673. The van der Waals surface area contributed by atoms with Crippen LogP contribution in [0.2, 0.25) is 0 Å². The molecule has 1 N–H and O–H groups in total. The van der Waals surface area contributed by atoms with Gasteiger partial charge >= 0.3 is 0 Å². The van der Waals surface area contributed by atoms with Gasteiger partial charge < -0.3 is 15.0 Å². The summed E-state index contributed by atoms with van der Waals surface area (Å²) >= 11 is 0. The van der Waals surface area contributed by atoms with Gasteiger partial charge in [0, 0.05) is 45.3 Å². The minimum atomic E-state index is -0.0109. The fourth-order valence-corrected chi connectivity index (χ4v) is 1.87. The molecular formula is C14H23N3O2. The molecule has 0 atom stereocenters. The standard InChI is InChI=1S/C14H23N3O2/c1-11(2)10-17(7-8-19-4)14(18)12-9-16-6-5-13(12)15-3/h5-6,9,11H,7-8,10H2,1-4H3,(H,15,16). The second-order valence-corrected chi connectivity index (χ2v) is 4.81. The average molecular weight is 265 g/mol. The zero-order valence-corrected chi connectivity index (χ0v) is 12.1. The predicted molar refractivity (Wildman–Crippen MR) is 76.4 cm³/mol. The maximum atomic E-state index is 12.6. The van der Waals surface area contributed by atoms with Crippen LogP contribution >= 0.6 is 0 Å². The van der Waals surface area contributed by atoms with Crippen LogP contribution in [0, 0.1) is 5.92 Å². The van der Waals surface area contributed by atoms with Gasteiger partial charge in [-0.25, -0.2) is 0 Å². The number of nitrogens with zero attached hydrogens (tertiary/aromatic N) is 2. The van der Waals surface area contributed by atoms with E-state index in [4.69, 9.17) is 4.74 Å². The molecule has 0 aliphatic rings. The second kappa shape index (κ2) is 7.74. The molecule has 1 aromatic rings. The van der Waals surface area contributed by atoms with Crippen LogP contribution in [0.25, 0.3) is 0 Å². The lowest BCUT2D eigenvalue weighted by atomic mass is 10.1. The summed E-state index contributed by atoms with van der Waals surface area (Å²) < 4.78 is 5.07. The van der Waals surface area contributed by atoms with E-state index < -0.39 is 0 Å². The third kappa shape index (κ3) is 4.52. The number of aromatic nitrogens is 1. The Hall–Kier alpha value is -1.62. The molecule has 1 heterocycles. The molecule has 0 saturated carbocycles. The highest BCUT2D eigenvalue weighted by molar-refractivity contribution is 5.99. The minimum absolute atomic E-state index is 0.0109. The summed E-state index contributed by atoms with van der Waals surface area (Å²) in [6.45, 7) is 6.02. The Bertz CT molecular complexity index is 407. The van der Waals surface area contributed by atoms with Crippen molar-refractivity contribution in [2.24, 2.45) is 5.92 Å². The summed E-state index contributed by atoms with van der Waals surface area (Å²) in [5, 5.41) is 3.02. The number of hydrogen-bond donors (Lipinski definition) is 1. The molecule has 1 aromatic heterocycles. The van der Waals surface area contributed by atoms with Gasteiger partial charge in [0.05, 0.1) is 12.2 Å². The Labute approximate surface area is 115 Å². The van der Waals surface area contributed by atoms with E-state index in [1.807, 2.05) is 4.90 Å². The third-order valence-corrected chi connectivity index (χ3v) is 2.76. The van der Waals surface area contributed by atoms with Gasteiger partial charge in [-0.05, 0) is 12.0 Å². The molecule has 0 spiro atoms. The number of anilines is 1. The molecule has 0 fully saturated rings. The van der Waals surface area contributed by atoms with Gasteiger partial charge in [-0.2, -0.15) is 0 Å². The summed E-state index contributed by atoms with van der Waals surface area (Å²) in [6, 6.07) is 1.80. The number of carbonyl (C=O) groups excluding carboxylic acids is 1. The molecule has 1 rings (SSSR count). The van der Waals surface area contributed by atoms with Crippen molar-refractivity contribution in [3.63, 3.8) is 0 Å². The summed E-state index contributed by atoms with van der Waals surface area (Å²) in [6.07, 6.45) is 3.28. The topological polar surface area (TPSA) is 54.5 Å². The van der Waals surface area contributed by atoms with E-state index in [0.29, 0.717) is 31.2 Å². The van der Waals surface area contributed by atoms with E-state index in [9.17, 15) is 4.79 Å². The van der Waals surface area contributed by atoms with Crippen molar-refractivity contribution in [1.82, 2.24) is 9.88 Å². The molecule has 0 aromatic carbocycles. The van der Waals surface area contributed by atoms with Crippen LogP contribution in [0.15, 0.2) is 18.5 Å². The van der Waals surface area contributed by atoms with Crippen LogP contribution in [0.5, 0.6) is 0 Å². The summed E-state index contributed by atoms with van der Waals surface area (Å²) in [4.78, 5) is 18.4. The largest absolute Gasteiger partial charge is 0.387 e. The highest BCUT2D eigenvalue weighted by atomic mass is 16.5. The molecule has 5 nitrogen and oxygen atoms in total. The van der Waals surface area contributed by atoms with Crippen molar-refractivity contribution < 1.29 is 9.53 Å². The lowest BCUT2D eigenvalue weighted by Gasteiger charge is -2.25. The summed E-state index contributed by atoms with van der Waals surface area (Å²) in [5.41, 5.74) is 1.40. The van der Waals surface area contributed by atoms with Crippen molar-refractivity contribution in [2.75, 3.05) is 39.2 Å². The highest BCUT2D eigenvalue weighted by Crippen LogP contribution is 2.16. The Morgan fingerprint density at radius 3 is 2.84 bits per heavy atom. The number of hydrogen-bond acceptors (Lipinski definition) is 4. The first-order valence-corrected chi connectivity index (χ1v) is 6.50. The van der Waals surface area contributed by atoms with E-state index >= 15 is 0 Å². The first kappa shape index (κ1) is 15.4. The van der Waals surface area contributed by atoms with Crippen LogP contribution in [-0.4, -0.2) is 49.6 Å². The molecule has 0 unspecified atom stereocenters. The normalized spacial score (nSPS) is 10.6. The number of rotatable bonds is 7. The number of ether oxygens (including phenoxy) is 1. The minimum Gasteiger partial charge on any atom is -0.387 e. The van der Waals surface area contributed by atoms with E-state index in [1.165, 1.54) is 0 Å². The first-order chi connectivity index (χ1) is 9.10. The molecule has 106 valence electrons. The Morgan fingerprint density at radius 2 is 2.26 bits per heavy atom. The molecule has 0 radical (unpaired) electrons. The highest BCUT2D eigenvalue weighted by Gasteiger charge is 2.19. The smallest absolute Gasteiger partial charge is 0.257 e. The zero-order chi connectivity index (χ0) is 14.3. The molecule has 19 heavy (non-hydrogen) atoms. The fraction of sp³-hybridized carbons (Fsp3) is 0.571. The van der Waals surface area contributed by atoms with E-state index in [0.717, 1.165) is 5.69 Å². The number of nitrogens with one attached hydrogen (secondary N) is 1. The van der Waals surface area contributed by atoms with E-state index in [1.54, 1.807) is 32.6 Å². The van der Waals surface area contributed by atoms with Gasteiger partial charge in [0.15, 0.2) is 0 Å². The van der Waals surface area contributed by atoms with Gasteiger partial charge in [-0.15, -0.1) is 0 Å². The van der Waals surface area contributed by atoms with Gasteiger partial charge in [0.1, 0.15) is 0 Å². The summed E-state index contributed by atoms with van der Waals surface area (Å²) in [7, 11) is 3.44.